The summed E-state index contributed by atoms with van der Waals surface area (Å²) in [5.41, 5.74) is 1.38. The molecule has 0 spiro atoms. The number of rotatable bonds is 1. The first-order valence-electron chi connectivity index (χ1n) is 4.89. The Labute approximate surface area is 135 Å². The van der Waals surface area contributed by atoms with Gasteiger partial charge in [0.05, 0.1) is 10.0 Å². The molecule has 1 aliphatic carbocycles. The Balaban J connectivity index is 2.53. The highest BCUT2D eigenvalue weighted by atomic mass is 35.5. The summed E-state index contributed by atoms with van der Waals surface area (Å²) in [6.07, 6.45) is 3.39. The highest BCUT2D eigenvalue weighted by Crippen LogP contribution is 2.48. The number of alkyl halides is 3. The van der Waals surface area contributed by atoms with E-state index in [-0.39, 0.29) is 0 Å². The van der Waals surface area contributed by atoms with E-state index in [1.165, 1.54) is 0 Å². The Morgan fingerprint density at radius 3 is 2.22 bits per heavy atom. The molecule has 1 aromatic carbocycles. The number of benzene rings is 1. The Kier molecular flexibility index (Phi) is 4.48. The van der Waals surface area contributed by atoms with Crippen LogP contribution < -0.4 is 0 Å². The highest BCUT2D eigenvalue weighted by molar-refractivity contribution is 6.60. The van der Waals surface area contributed by atoms with Crippen molar-refractivity contribution in [1.82, 2.24) is 0 Å². The monoisotopic (exact) mass is 360 g/mol. The van der Waals surface area contributed by atoms with E-state index in [0.29, 0.717) is 20.7 Å². The van der Waals surface area contributed by atoms with Crippen LogP contribution in [0.3, 0.4) is 0 Å². The molecule has 0 N–H and O–H groups in total. The minimum Gasteiger partial charge on any atom is -0.113 e. The first-order chi connectivity index (χ1) is 8.34. The van der Waals surface area contributed by atoms with Crippen molar-refractivity contribution in [2.45, 2.75) is 9.71 Å². The molecule has 0 aliphatic heterocycles. The van der Waals surface area contributed by atoms with Gasteiger partial charge in [-0.2, -0.15) is 0 Å². The molecule has 0 amide bonds. The van der Waals surface area contributed by atoms with E-state index in [0.717, 1.165) is 5.56 Å². The maximum absolute atomic E-state index is 6.27. The quantitative estimate of drug-likeness (QED) is 0.514. The zero-order chi connectivity index (χ0) is 13.5. The van der Waals surface area contributed by atoms with E-state index in [1.807, 2.05) is 0 Å². The SMILES string of the molecule is ClC1=CC=C(c2ccc(Cl)c(Cl)c2)C(Cl)(Cl)C1Cl. The van der Waals surface area contributed by atoms with Gasteiger partial charge in [0.15, 0.2) is 4.33 Å². The van der Waals surface area contributed by atoms with Gasteiger partial charge < -0.3 is 0 Å². The number of hydrogen-bond donors (Lipinski definition) is 0. The lowest BCUT2D eigenvalue weighted by Crippen LogP contribution is -2.30. The van der Waals surface area contributed by atoms with Gasteiger partial charge in [-0.1, -0.05) is 70.1 Å². The lowest BCUT2D eigenvalue weighted by atomic mass is 9.96. The van der Waals surface area contributed by atoms with E-state index in [1.54, 1.807) is 30.4 Å². The van der Waals surface area contributed by atoms with E-state index in [2.05, 4.69) is 0 Å². The van der Waals surface area contributed by atoms with Crippen LogP contribution in [0.4, 0.5) is 0 Å². The third kappa shape index (κ3) is 2.65. The normalized spacial score (nSPS) is 22.4. The standard InChI is InChI=1S/C12H6Cl6/c13-8-3-1-6(5-10(8)15)7-2-4-9(14)11(16)12(7,17)18/h1-5,11H. The van der Waals surface area contributed by atoms with Crippen molar-refractivity contribution in [2.24, 2.45) is 0 Å². The summed E-state index contributed by atoms with van der Waals surface area (Å²) in [6.45, 7) is 0. The van der Waals surface area contributed by atoms with Gasteiger partial charge >= 0.3 is 0 Å². The van der Waals surface area contributed by atoms with Crippen molar-refractivity contribution in [3.8, 4) is 0 Å². The number of halogens is 6. The molecule has 0 saturated heterocycles. The maximum atomic E-state index is 6.27. The molecule has 0 heterocycles. The second-order valence-corrected chi connectivity index (χ2v) is 6.82. The first-order valence-corrected chi connectivity index (χ1v) is 7.22. The summed E-state index contributed by atoms with van der Waals surface area (Å²) in [5, 5.41) is 0.566. The van der Waals surface area contributed by atoms with Gasteiger partial charge in [0.2, 0.25) is 0 Å². The minimum atomic E-state index is -1.31. The van der Waals surface area contributed by atoms with Crippen LogP contribution in [0, 0.1) is 0 Å². The number of hydrogen-bond acceptors (Lipinski definition) is 0. The molecule has 0 nitrogen and oxygen atoms in total. The van der Waals surface area contributed by atoms with Crippen LogP contribution in [0.5, 0.6) is 0 Å². The zero-order valence-electron chi connectivity index (χ0n) is 8.73. The average Bonchev–Trinajstić information content (AvgIpc) is 2.30. The highest BCUT2D eigenvalue weighted by Gasteiger charge is 2.41. The molecule has 1 atom stereocenters. The lowest BCUT2D eigenvalue weighted by Gasteiger charge is -2.30. The Hall–Kier alpha value is 0.440. The molecule has 1 aromatic rings. The Bertz CT molecular complexity index is 543. The predicted molar refractivity (Wildman–Crippen MR) is 82.5 cm³/mol. The summed E-state index contributed by atoms with van der Waals surface area (Å²) < 4.78 is -1.31. The third-order valence-corrected chi connectivity index (χ3v) is 5.38. The molecule has 96 valence electrons. The van der Waals surface area contributed by atoms with Crippen LogP contribution >= 0.6 is 69.6 Å². The average molecular weight is 363 g/mol. The maximum Gasteiger partial charge on any atom is 0.164 e. The van der Waals surface area contributed by atoms with Gasteiger partial charge in [-0.05, 0) is 29.3 Å². The predicted octanol–water partition coefficient (Wildman–Crippen LogP) is 6.29. The van der Waals surface area contributed by atoms with Crippen LogP contribution in [0.25, 0.3) is 5.57 Å². The Morgan fingerprint density at radius 2 is 1.61 bits per heavy atom. The lowest BCUT2D eigenvalue weighted by molar-refractivity contribution is 0.973. The van der Waals surface area contributed by atoms with Crippen molar-refractivity contribution >= 4 is 75.2 Å². The van der Waals surface area contributed by atoms with Crippen molar-refractivity contribution in [3.63, 3.8) is 0 Å². The van der Waals surface area contributed by atoms with Gasteiger partial charge in [0.25, 0.3) is 0 Å². The molecule has 1 unspecified atom stereocenters. The molecule has 18 heavy (non-hydrogen) atoms. The molecule has 2 rings (SSSR count). The topological polar surface area (TPSA) is 0 Å². The molecular formula is C12H6Cl6. The molecular weight excluding hydrogens is 357 g/mol. The van der Waals surface area contributed by atoms with Crippen LogP contribution in [-0.2, 0) is 0 Å². The van der Waals surface area contributed by atoms with E-state index in [4.69, 9.17) is 69.6 Å². The number of allylic oxidation sites excluding steroid dienone is 4. The fourth-order valence-electron chi connectivity index (χ4n) is 1.62. The van der Waals surface area contributed by atoms with Crippen molar-refractivity contribution < 1.29 is 0 Å². The van der Waals surface area contributed by atoms with Crippen LogP contribution in [0.1, 0.15) is 5.56 Å². The zero-order valence-corrected chi connectivity index (χ0v) is 13.3. The van der Waals surface area contributed by atoms with Gasteiger partial charge in [-0.15, -0.1) is 11.6 Å². The van der Waals surface area contributed by atoms with Gasteiger partial charge in [0, 0.05) is 5.03 Å². The molecule has 6 heteroatoms. The summed E-state index contributed by atoms with van der Waals surface area (Å²) in [6, 6.07) is 5.13. The summed E-state index contributed by atoms with van der Waals surface area (Å²) in [5.74, 6) is 0. The van der Waals surface area contributed by atoms with Crippen LogP contribution in [0.2, 0.25) is 10.0 Å². The second-order valence-electron chi connectivity index (χ2n) is 3.75. The minimum absolute atomic E-state index is 0.394. The fraction of sp³-hybridized carbons (Fsp3) is 0.167. The molecule has 0 saturated carbocycles. The van der Waals surface area contributed by atoms with Crippen LogP contribution in [-0.4, -0.2) is 9.71 Å². The molecule has 1 aliphatic rings. The fourth-order valence-corrected chi connectivity index (χ4v) is 3.03. The first kappa shape index (κ1) is 14.8. The second kappa shape index (κ2) is 5.44. The molecule has 0 radical (unpaired) electrons. The largest absolute Gasteiger partial charge is 0.164 e. The van der Waals surface area contributed by atoms with E-state index in [9.17, 15) is 0 Å². The van der Waals surface area contributed by atoms with Crippen molar-refractivity contribution in [3.05, 3.63) is 51.0 Å². The van der Waals surface area contributed by atoms with Crippen molar-refractivity contribution in [1.29, 1.82) is 0 Å². The summed E-state index contributed by atoms with van der Waals surface area (Å²) >= 11 is 36.4. The van der Waals surface area contributed by atoms with Gasteiger partial charge in [-0.25, -0.2) is 0 Å². The summed E-state index contributed by atoms with van der Waals surface area (Å²) in [4.78, 5) is 0. The van der Waals surface area contributed by atoms with Crippen molar-refractivity contribution in [2.75, 3.05) is 0 Å². The summed E-state index contributed by atoms with van der Waals surface area (Å²) in [7, 11) is 0. The molecule has 0 fully saturated rings. The third-order valence-electron chi connectivity index (χ3n) is 2.56. The molecule has 0 bridgehead atoms. The van der Waals surface area contributed by atoms with Gasteiger partial charge in [-0.3, -0.25) is 0 Å². The van der Waals surface area contributed by atoms with E-state index >= 15 is 0 Å². The van der Waals surface area contributed by atoms with Gasteiger partial charge in [0.1, 0.15) is 5.38 Å². The van der Waals surface area contributed by atoms with Crippen LogP contribution in [0.15, 0.2) is 35.4 Å². The Morgan fingerprint density at radius 1 is 0.944 bits per heavy atom. The van der Waals surface area contributed by atoms with E-state index < -0.39 is 9.71 Å². The molecule has 0 aromatic heterocycles. The smallest absolute Gasteiger partial charge is 0.113 e.